The molecule has 4 amide bonds. The van der Waals surface area contributed by atoms with E-state index in [1.807, 2.05) is 19.3 Å². The van der Waals surface area contributed by atoms with Gasteiger partial charge in [0.15, 0.2) is 6.29 Å². The van der Waals surface area contributed by atoms with Crippen LogP contribution in [-0.2, 0) is 38.3 Å². The van der Waals surface area contributed by atoms with Gasteiger partial charge in [0.05, 0.1) is 13.7 Å². The number of hydroxylamine groups is 2. The van der Waals surface area contributed by atoms with Crippen LogP contribution in [0.3, 0.4) is 0 Å². The number of carbonyl (C=O) groups excluding carboxylic acids is 5. The lowest BCUT2D eigenvalue weighted by Crippen LogP contribution is -2.58. The maximum absolute atomic E-state index is 13.5. The van der Waals surface area contributed by atoms with Crippen LogP contribution in [0.15, 0.2) is 34.9 Å². The third kappa shape index (κ3) is 19.1. The van der Waals surface area contributed by atoms with Crippen molar-refractivity contribution >= 4 is 41.4 Å². The largest absolute Gasteiger partial charge is 0.467 e. The molecule has 0 saturated carbocycles. The third-order valence-corrected chi connectivity index (χ3v) is 9.27. The number of ether oxygens (including phenoxy) is 2. The van der Waals surface area contributed by atoms with Gasteiger partial charge in [0, 0.05) is 13.0 Å². The van der Waals surface area contributed by atoms with E-state index < -0.39 is 60.4 Å². The first-order chi connectivity index (χ1) is 24.6. The van der Waals surface area contributed by atoms with Crippen LogP contribution in [0.1, 0.15) is 113 Å². The molecule has 0 aromatic heterocycles. The number of carbonyl (C=O) groups is 5. The van der Waals surface area contributed by atoms with E-state index in [1.165, 1.54) is 35.1 Å². The molecule has 12 nitrogen and oxygen atoms in total. The zero-order valence-electron chi connectivity index (χ0n) is 33.3. The fourth-order valence-corrected chi connectivity index (χ4v) is 5.84. The fourth-order valence-electron chi connectivity index (χ4n) is 5.37. The highest BCUT2D eigenvalue weighted by atomic mass is 32.2. The average Bonchev–Trinajstić information content (AvgIpc) is 3.08. The Bertz CT molecular complexity index is 1240. The minimum atomic E-state index is -1.03. The average molecular weight is 751 g/mol. The van der Waals surface area contributed by atoms with Crippen molar-refractivity contribution in [2.75, 3.05) is 32.3 Å². The summed E-state index contributed by atoms with van der Waals surface area (Å²) >= 11 is 1.53. The predicted molar refractivity (Wildman–Crippen MR) is 207 cm³/mol. The Hall–Kier alpha value is -3.16. The molecule has 1 aliphatic heterocycles. The van der Waals surface area contributed by atoms with Gasteiger partial charge in [-0.15, -0.1) is 0 Å². The van der Waals surface area contributed by atoms with E-state index in [0.29, 0.717) is 25.2 Å². The highest BCUT2D eigenvalue weighted by Crippen LogP contribution is 2.17. The third-order valence-electron chi connectivity index (χ3n) is 8.63. The lowest BCUT2D eigenvalue weighted by atomic mass is 9.99. The van der Waals surface area contributed by atoms with E-state index >= 15 is 0 Å². The number of hydrogen-bond donors (Lipinski definition) is 3. The zero-order valence-corrected chi connectivity index (χ0v) is 34.1. The van der Waals surface area contributed by atoms with Gasteiger partial charge >= 0.3 is 5.97 Å². The summed E-state index contributed by atoms with van der Waals surface area (Å²) in [5, 5.41) is 9.32. The van der Waals surface area contributed by atoms with Gasteiger partial charge in [-0.25, -0.2) is 14.7 Å². The molecule has 0 spiro atoms. The molecule has 1 heterocycles. The molecule has 3 N–H and O–H groups in total. The summed E-state index contributed by atoms with van der Waals surface area (Å²) in [6.07, 6.45) is 13.8. The highest BCUT2D eigenvalue weighted by Gasteiger charge is 2.33. The Morgan fingerprint density at radius 3 is 2.00 bits per heavy atom. The van der Waals surface area contributed by atoms with E-state index in [9.17, 15) is 24.0 Å². The van der Waals surface area contributed by atoms with Crippen molar-refractivity contribution < 1.29 is 38.3 Å². The second-order valence-corrected chi connectivity index (χ2v) is 15.4. The number of amides is 4. The second-order valence-electron chi connectivity index (χ2n) is 14.4. The highest BCUT2D eigenvalue weighted by molar-refractivity contribution is 7.98. The minimum Gasteiger partial charge on any atom is -0.467 e. The first kappa shape index (κ1) is 46.9. The van der Waals surface area contributed by atoms with Gasteiger partial charge in [-0.2, -0.15) is 11.8 Å². The molecule has 0 bridgehead atoms. The quantitative estimate of drug-likeness (QED) is 0.0511. The maximum atomic E-state index is 13.5. The normalized spacial score (nSPS) is 16.8. The van der Waals surface area contributed by atoms with Gasteiger partial charge in [-0.3, -0.25) is 19.2 Å². The predicted octanol–water partition coefficient (Wildman–Crippen LogP) is 5.78. The first-order valence-electron chi connectivity index (χ1n) is 18.6. The molecule has 4 atom stereocenters. The van der Waals surface area contributed by atoms with Crippen molar-refractivity contribution in [1.29, 1.82) is 0 Å². The lowest BCUT2D eigenvalue weighted by molar-refractivity contribution is -0.276. The van der Waals surface area contributed by atoms with Gasteiger partial charge in [0.25, 0.3) is 5.91 Å². The molecule has 0 radical (unpaired) electrons. The number of nitrogens with zero attached hydrogens (tertiary/aromatic N) is 1. The van der Waals surface area contributed by atoms with Crippen molar-refractivity contribution in [1.82, 2.24) is 21.0 Å². The fraction of sp³-hybridized carbons (Fsp3) is 0.718. The molecular formula is C39H66N4O8S. The molecule has 13 heteroatoms. The first-order valence-corrected chi connectivity index (χ1v) is 20.0. The summed E-state index contributed by atoms with van der Waals surface area (Å²) in [4.78, 5) is 71.7. The Labute approximate surface area is 316 Å². The van der Waals surface area contributed by atoms with Gasteiger partial charge in [0.1, 0.15) is 24.5 Å². The molecule has 0 aliphatic carbocycles. The molecular weight excluding hydrogens is 685 g/mol. The summed E-state index contributed by atoms with van der Waals surface area (Å²) in [5.74, 6) is -2.96. The van der Waals surface area contributed by atoms with E-state index in [-0.39, 0.29) is 18.4 Å². The second kappa shape index (κ2) is 25.8. The number of allylic oxidation sites excluding steroid dienone is 5. The van der Waals surface area contributed by atoms with Crippen molar-refractivity contribution in [3.63, 3.8) is 0 Å². The van der Waals surface area contributed by atoms with Crippen molar-refractivity contribution in [2.24, 2.45) is 11.8 Å². The molecule has 1 rings (SSSR count). The Kier molecular flexibility index (Phi) is 23.2. The number of nitrogens with one attached hydrogen (secondary N) is 3. The molecule has 296 valence electrons. The topological polar surface area (TPSA) is 152 Å². The van der Waals surface area contributed by atoms with Crippen LogP contribution in [0.4, 0.5) is 0 Å². The molecule has 52 heavy (non-hydrogen) atoms. The van der Waals surface area contributed by atoms with Gasteiger partial charge in [-0.1, -0.05) is 62.6 Å². The molecule has 0 aromatic carbocycles. The number of methoxy groups -OCH3 is 1. The zero-order chi connectivity index (χ0) is 39.2. The van der Waals surface area contributed by atoms with Crippen molar-refractivity contribution in [2.45, 2.75) is 138 Å². The van der Waals surface area contributed by atoms with Crippen LogP contribution in [0.5, 0.6) is 0 Å². The van der Waals surface area contributed by atoms with Crippen LogP contribution >= 0.6 is 11.8 Å². The van der Waals surface area contributed by atoms with E-state index in [2.05, 4.69) is 48.9 Å². The smallest absolute Gasteiger partial charge is 0.328 e. The summed E-state index contributed by atoms with van der Waals surface area (Å²) < 4.78 is 10.6. The van der Waals surface area contributed by atoms with Crippen LogP contribution in [0.25, 0.3) is 0 Å². The molecule has 0 aromatic rings. The molecule has 1 saturated heterocycles. The maximum Gasteiger partial charge on any atom is 0.328 e. The molecule has 1 aliphatic rings. The lowest BCUT2D eigenvalue weighted by Gasteiger charge is -2.29. The molecule has 1 fully saturated rings. The molecule has 1 unspecified atom stereocenters. The standard InChI is InChI=1S/C39H66N4O8S/c1-26(2)15-13-16-29(7)17-14-18-30(8)20-22-43(51-34-19-11-12-23-50-34)33(45)25-32(44)41-35(27(3)4)38(47)42-36(28(5)6)37(46)40-31(21-24-52-10)39(48)49-9/h15,17,20,27-28,31,34-36H,11-14,16,18-19,21-25H2,1-10H3,(H,40,46)(H,41,44)(H,42,47)/b29-17+,30-20+/t31-,34?,35-,36-/m0/s1. The van der Waals surface area contributed by atoms with Gasteiger partial charge < -0.3 is 25.4 Å². The Morgan fingerprint density at radius 1 is 0.846 bits per heavy atom. The van der Waals surface area contributed by atoms with E-state index in [1.54, 1.807) is 27.7 Å². The van der Waals surface area contributed by atoms with Crippen LogP contribution < -0.4 is 16.0 Å². The van der Waals surface area contributed by atoms with Gasteiger partial charge in [-0.05, 0) is 96.5 Å². The van der Waals surface area contributed by atoms with Crippen LogP contribution in [0, 0.1) is 11.8 Å². The summed E-state index contributed by atoms with van der Waals surface area (Å²) in [5.41, 5.74) is 3.75. The number of thioether (sulfide) groups is 1. The number of hydrogen-bond acceptors (Lipinski definition) is 9. The van der Waals surface area contributed by atoms with Crippen LogP contribution in [0.2, 0.25) is 0 Å². The van der Waals surface area contributed by atoms with Crippen LogP contribution in [-0.4, -0.2) is 91.3 Å². The number of rotatable bonds is 23. The van der Waals surface area contributed by atoms with Gasteiger partial charge in [0.2, 0.25) is 17.7 Å². The van der Waals surface area contributed by atoms with E-state index in [0.717, 1.165) is 44.1 Å². The SMILES string of the molecule is COC(=O)[C@H](CCSC)NC(=O)[C@@H](NC(=O)[C@@H](NC(=O)CC(=O)N(C/C=C(\C)CC/C=C(\C)CCC=C(C)C)OC1CCCCO1)C(C)C)C(C)C. The Balaban J connectivity index is 2.97. The van der Waals surface area contributed by atoms with Crippen molar-refractivity contribution in [3.05, 3.63) is 34.9 Å². The summed E-state index contributed by atoms with van der Waals surface area (Å²) in [6, 6.07) is -2.87. The number of esters is 1. The monoisotopic (exact) mass is 750 g/mol. The Morgan fingerprint density at radius 2 is 1.44 bits per heavy atom. The summed E-state index contributed by atoms with van der Waals surface area (Å²) in [6.45, 7) is 16.1. The van der Waals surface area contributed by atoms with Crippen molar-refractivity contribution in [3.8, 4) is 0 Å². The summed E-state index contributed by atoms with van der Waals surface area (Å²) in [7, 11) is 1.26. The van der Waals surface area contributed by atoms with E-state index in [4.69, 9.17) is 14.3 Å². The minimum absolute atomic E-state index is 0.143.